The number of nitriles is 1. The second-order valence-electron chi connectivity index (χ2n) is 2.52. The van der Waals surface area contributed by atoms with Crippen LogP contribution in [0.15, 0.2) is 12.5 Å². The van der Waals surface area contributed by atoms with E-state index >= 15 is 0 Å². The van der Waals surface area contributed by atoms with E-state index in [2.05, 4.69) is 21.0 Å². The quantitative estimate of drug-likeness (QED) is 0.625. The van der Waals surface area contributed by atoms with Crippen molar-refractivity contribution in [3.05, 3.63) is 23.8 Å². The minimum Gasteiger partial charge on any atom is -0.355 e. The van der Waals surface area contributed by atoms with Crippen LogP contribution in [0.4, 0.5) is 0 Å². The third kappa shape index (κ3) is 0.768. The molecule has 0 aliphatic carbocycles. The molecule has 0 unspecified atom stereocenters. The standard InChI is InChI=1S/C8H6N4/c1-5-6(2-9)8-7(12-5)3-10-4-11-8/h3-4,12H,1H3. The fourth-order valence-electron chi connectivity index (χ4n) is 1.20. The van der Waals surface area contributed by atoms with E-state index < -0.39 is 0 Å². The van der Waals surface area contributed by atoms with Gasteiger partial charge in [-0.15, -0.1) is 0 Å². The molecule has 2 aromatic rings. The first-order chi connectivity index (χ1) is 5.83. The lowest BCUT2D eigenvalue weighted by molar-refractivity contribution is 1.21. The lowest BCUT2D eigenvalue weighted by atomic mass is 10.2. The van der Waals surface area contributed by atoms with Crippen LogP contribution in [0, 0.1) is 18.3 Å². The number of nitrogens with one attached hydrogen (secondary N) is 1. The number of aromatic nitrogens is 3. The SMILES string of the molecule is Cc1[nH]c2cncnc2c1C#N. The third-order valence-electron chi connectivity index (χ3n) is 1.76. The summed E-state index contributed by atoms with van der Waals surface area (Å²) in [5.74, 6) is 0. The van der Waals surface area contributed by atoms with Gasteiger partial charge in [-0.05, 0) is 6.92 Å². The monoisotopic (exact) mass is 158 g/mol. The van der Waals surface area contributed by atoms with E-state index in [4.69, 9.17) is 5.26 Å². The minimum absolute atomic E-state index is 0.604. The maximum atomic E-state index is 8.77. The van der Waals surface area contributed by atoms with Gasteiger partial charge in [0.25, 0.3) is 0 Å². The minimum atomic E-state index is 0.604. The van der Waals surface area contributed by atoms with Crippen LogP contribution in [0.25, 0.3) is 11.0 Å². The predicted molar refractivity (Wildman–Crippen MR) is 43.3 cm³/mol. The Balaban J connectivity index is 2.93. The van der Waals surface area contributed by atoms with Gasteiger partial charge < -0.3 is 4.98 Å². The maximum absolute atomic E-state index is 8.77. The Labute approximate surface area is 68.9 Å². The summed E-state index contributed by atoms with van der Waals surface area (Å²) < 4.78 is 0. The molecule has 0 amide bonds. The number of rotatable bonds is 0. The first kappa shape index (κ1) is 6.80. The van der Waals surface area contributed by atoms with E-state index in [1.165, 1.54) is 6.33 Å². The van der Waals surface area contributed by atoms with E-state index in [0.29, 0.717) is 11.1 Å². The maximum Gasteiger partial charge on any atom is 0.116 e. The van der Waals surface area contributed by atoms with Crippen molar-refractivity contribution in [1.82, 2.24) is 15.0 Å². The van der Waals surface area contributed by atoms with Crippen molar-refractivity contribution in [2.24, 2.45) is 0 Å². The van der Waals surface area contributed by atoms with Crippen molar-refractivity contribution in [3.63, 3.8) is 0 Å². The second kappa shape index (κ2) is 2.31. The van der Waals surface area contributed by atoms with Gasteiger partial charge in [0.1, 0.15) is 17.9 Å². The Hall–Kier alpha value is -1.89. The molecule has 0 aliphatic heterocycles. The van der Waals surface area contributed by atoms with Crippen molar-refractivity contribution in [3.8, 4) is 6.07 Å². The van der Waals surface area contributed by atoms with Crippen LogP contribution in [0.5, 0.6) is 0 Å². The van der Waals surface area contributed by atoms with Gasteiger partial charge in [0.15, 0.2) is 0 Å². The Morgan fingerprint density at radius 1 is 1.58 bits per heavy atom. The number of hydrogen-bond acceptors (Lipinski definition) is 3. The number of fused-ring (bicyclic) bond motifs is 1. The molecule has 0 fully saturated rings. The number of hydrogen-bond donors (Lipinski definition) is 1. The van der Waals surface area contributed by atoms with Crippen molar-refractivity contribution in [2.45, 2.75) is 6.92 Å². The van der Waals surface area contributed by atoms with E-state index in [-0.39, 0.29) is 0 Å². The van der Waals surface area contributed by atoms with Gasteiger partial charge in [-0.3, -0.25) is 0 Å². The average Bonchev–Trinajstić information content (AvgIpc) is 2.40. The van der Waals surface area contributed by atoms with Crippen molar-refractivity contribution in [1.29, 1.82) is 5.26 Å². The molecule has 0 aromatic carbocycles. The third-order valence-corrected chi connectivity index (χ3v) is 1.76. The lowest BCUT2D eigenvalue weighted by Crippen LogP contribution is -1.78. The van der Waals surface area contributed by atoms with Crippen LogP contribution in [0.3, 0.4) is 0 Å². The van der Waals surface area contributed by atoms with Gasteiger partial charge in [0, 0.05) is 5.69 Å². The van der Waals surface area contributed by atoms with E-state index in [1.54, 1.807) is 6.20 Å². The zero-order valence-electron chi connectivity index (χ0n) is 6.50. The summed E-state index contributed by atoms with van der Waals surface area (Å²) in [5, 5.41) is 8.77. The molecule has 0 aliphatic rings. The average molecular weight is 158 g/mol. The van der Waals surface area contributed by atoms with Crippen LogP contribution in [-0.2, 0) is 0 Å². The van der Waals surface area contributed by atoms with Crippen LogP contribution >= 0.6 is 0 Å². The Kier molecular flexibility index (Phi) is 1.31. The lowest BCUT2D eigenvalue weighted by Gasteiger charge is -1.84. The van der Waals surface area contributed by atoms with Gasteiger partial charge in [-0.1, -0.05) is 0 Å². The zero-order valence-corrected chi connectivity index (χ0v) is 6.50. The highest BCUT2D eigenvalue weighted by Gasteiger charge is 2.07. The Bertz CT molecular complexity index is 463. The summed E-state index contributed by atoms with van der Waals surface area (Å²) in [6.07, 6.45) is 3.10. The van der Waals surface area contributed by atoms with E-state index in [0.717, 1.165) is 11.2 Å². The van der Waals surface area contributed by atoms with Crippen LogP contribution in [0.2, 0.25) is 0 Å². The molecule has 0 atom stereocenters. The number of nitrogens with zero attached hydrogens (tertiary/aromatic N) is 3. The molecule has 2 rings (SSSR count). The van der Waals surface area contributed by atoms with Crippen LogP contribution < -0.4 is 0 Å². The fraction of sp³-hybridized carbons (Fsp3) is 0.125. The Morgan fingerprint density at radius 2 is 2.42 bits per heavy atom. The molecule has 1 N–H and O–H groups in total. The molecular weight excluding hydrogens is 152 g/mol. The van der Waals surface area contributed by atoms with E-state index in [9.17, 15) is 0 Å². The van der Waals surface area contributed by atoms with Crippen molar-refractivity contribution < 1.29 is 0 Å². The number of H-pyrrole nitrogens is 1. The van der Waals surface area contributed by atoms with E-state index in [1.807, 2.05) is 6.92 Å². The predicted octanol–water partition coefficient (Wildman–Crippen LogP) is 1.14. The first-order valence-electron chi connectivity index (χ1n) is 3.51. The van der Waals surface area contributed by atoms with Crippen LogP contribution in [0.1, 0.15) is 11.3 Å². The number of aryl methyl sites for hydroxylation is 1. The molecule has 2 heterocycles. The normalized spacial score (nSPS) is 10.0. The molecule has 0 saturated heterocycles. The molecule has 0 saturated carbocycles. The van der Waals surface area contributed by atoms with Gasteiger partial charge in [-0.2, -0.15) is 5.26 Å². The van der Waals surface area contributed by atoms with Gasteiger partial charge >= 0.3 is 0 Å². The molecule has 58 valence electrons. The van der Waals surface area contributed by atoms with Crippen molar-refractivity contribution >= 4 is 11.0 Å². The van der Waals surface area contributed by atoms with Crippen LogP contribution in [-0.4, -0.2) is 15.0 Å². The van der Waals surface area contributed by atoms with Gasteiger partial charge in [-0.25, -0.2) is 9.97 Å². The summed E-state index contributed by atoms with van der Waals surface area (Å²) in [7, 11) is 0. The molecule has 4 heteroatoms. The molecule has 0 spiro atoms. The highest BCUT2D eigenvalue weighted by molar-refractivity contribution is 5.82. The highest BCUT2D eigenvalue weighted by atomic mass is 14.9. The molecule has 0 bridgehead atoms. The van der Waals surface area contributed by atoms with Crippen molar-refractivity contribution in [2.75, 3.05) is 0 Å². The first-order valence-corrected chi connectivity index (χ1v) is 3.51. The summed E-state index contributed by atoms with van der Waals surface area (Å²) in [5.41, 5.74) is 2.96. The summed E-state index contributed by atoms with van der Waals surface area (Å²) in [6.45, 7) is 1.85. The van der Waals surface area contributed by atoms with Gasteiger partial charge in [0.05, 0.1) is 17.3 Å². The second-order valence-corrected chi connectivity index (χ2v) is 2.52. The summed E-state index contributed by atoms with van der Waals surface area (Å²) in [6, 6.07) is 2.10. The number of aromatic amines is 1. The fourth-order valence-corrected chi connectivity index (χ4v) is 1.20. The zero-order chi connectivity index (χ0) is 8.55. The largest absolute Gasteiger partial charge is 0.355 e. The Morgan fingerprint density at radius 3 is 3.17 bits per heavy atom. The molecule has 4 nitrogen and oxygen atoms in total. The molecule has 2 aromatic heterocycles. The van der Waals surface area contributed by atoms with Gasteiger partial charge in [0.2, 0.25) is 0 Å². The molecule has 0 radical (unpaired) electrons. The molecule has 12 heavy (non-hydrogen) atoms. The smallest absolute Gasteiger partial charge is 0.116 e. The summed E-state index contributed by atoms with van der Waals surface area (Å²) >= 11 is 0. The topological polar surface area (TPSA) is 65.4 Å². The highest BCUT2D eigenvalue weighted by Crippen LogP contribution is 2.16. The summed E-state index contributed by atoms with van der Waals surface area (Å²) in [4.78, 5) is 10.9. The molecular formula is C8H6N4.